The van der Waals surface area contributed by atoms with Crippen LogP contribution in [0.25, 0.3) is 10.9 Å². The summed E-state index contributed by atoms with van der Waals surface area (Å²) in [5, 5.41) is 7.48. The van der Waals surface area contributed by atoms with Gasteiger partial charge >= 0.3 is 0 Å². The third-order valence-corrected chi connectivity index (χ3v) is 5.68. The van der Waals surface area contributed by atoms with Gasteiger partial charge in [-0.2, -0.15) is 0 Å². The maximum absolute atomic E-state index is 13.1. The fourth-order valence-electron chi connectivity index (χ4n) is 4.17. The lowest BCUT2D eigenvalue weighted by molar-refractivity contribution is 0.0641. The zero-order valence-electron chi connectivity index (χ0n) is 15.3. The minimum atomic E-state index is -0.497. The molecule has 0 atom stereocenters. The maximum Gasteiger partial charge on any atom is 0.255 e. The van der Waals surface area contributed by atoms with Crippen molar-refractivity contribution in [3.63, 3.8) is 0 Å². The summed E-state index contributed by atoms with van der Waals surface area (Å²) in [6, 6.07) is 16.9. The molecular formula is C22H20N4O2. The summed E-state index contributed by atoms with van der Waals surface area (Å²) in [5.41, 5.74) is 2.51. The van der Waals surface area contributed by atoms with E-state index >= 15 is 0 Å². The Labute approximate surface area is 162 Å². The number of carbonyl (C=O) groups excluding carboxylic acids is 2. The van der Waals surface area contributed by atoms with Crippen molar-refractivity contribution < 1.29 is 9.59 Å². The summed E-state index contributed by atoms with van der Waals surface area (Å²) < 4.78 is 0. The Morgan fingerprint density at radius 2 is 1.79 bits per heavy atom. The lowest BCUT2D eigenvalue weighted by Crippen LogP contribution is -2.62. The zero-order chi connectivity index (χ0) is 19.1. The number of likely N-dealkylation sites (tertiary alicyclic amines) is 1. The van der Waals surface area contributed by atoms with Crippen molar-refractivity contribution in [2.45, 2.75) is 18.5 Å². The summed E-state index contributed by atoms with van der Waals surface area (Å²) in [6.45, 7) is 1.15. The van der Waals surface area contributed by atoms with Gasteiger partial charge in [0.2, 0.25) is 0 Å². The summed E-state index contributed by atoms with van der Waals surface area (Å²) in [6.07, 6.45) is 3.04. The van der Waals surface area contributed by atoms with Crippen LogP contribution in [0.15, 0.2) is 60.8 Å². The van der Waals surface area contributed by atoms with Gasteiger partial charge in [-0.25, -0.2) is 0 Å². The first kappa shape index (κ1) is 16.7. The second-order valence-electron chi connectivity index (χ2n) is 7.37. The number of rotatable bonds is 1. The summed E-state index contributed by atoms with van der Waals surface area (Å²) in [5.74, 6) is -0.0507. The van der Waals surface area contributed by atoms with Gasteiger partial charge < -0.3 is 15.5 Å². The standard InChI is InChI=1S/C22H20N4O2/c27-20-17-5-1-2-8-19(17)24-22(25-20)10-13-26(14-11-22)21(28)16-6-3-9-18-15(16)7-4-12-23-18/h1-9,12,24H,10-11,13-14H2,(H,25,27). The van der Waals surface area contributed by atoms with Crippen LogP contribution in [0.5, 0.6) is 0 Å². The van der Waals surface area contributed by atoms with Crippen LogP contribution >= 0.6 is 0 Å². The molecule has 0 unspecified atom stereocenters. The van der Waals surface area contributed by atoms with Gasteiger partial charge in [0.05, 0.1) is 11.1 Å². The van der Waals surface area contributed by atoms with Gasteiger partial charge in [0.15, 0.2) is 0 Å². The van der Waals surface area contributed by atoms with E-state index in [0.717, 1.165) is 16.6 Å². The van der Waals surface area contributed by atoms with Gasteiger partial charge in [0.1, 0.15) is 5.66 Å². The second kappa shape index (κ2) is 6.34. The van der Waals surface area contributed by atoms with Crippen LogP contribution in [0.3, 0.4) is 0 Å². The zero-order valence-corrected chi connectivity index (χ0v) is 15.3. The number of carbonyl (C=O) groups is 2. The lowest BCUT2D eigenvalue weighted by Gasteiger charge is -2.45. The van der Waals surface area contributed by atoms with Crippen LogP contribution < -0.4 is 10.6 Å². The largest absolute Gasteiger partial charge is 0.362 e. The van der Waals surface area contributed by atoms with E-state index in [1.807, 2.05) is 59.5 Å². The Morgan fingerprint density at radius 3 is 2.64 bits per heavy atom. The van der Waals surface area contributed by atoms with E-state index in [0.29, 0.717) is 37.1 Å². The minimum Gasteiger partial charge on any atom is -0.362 e. The number of nitrogens with one attached hydrogen (secondary N) is 2. The highest BCUT2D eigenvalue weighted by molar-refractivity contribution is 6.06. The molecule has 2 aliphatic heterocycles. The second-order valence-corrected chi connectivity index (χ2v) is 7.37. The van der Waals surface area contributed by atoms with Crippen LogP contribution in [0.1, 0.15) is 33.6 Å². The number of fused-ring (bicyclic) bond motifs is 2. The molecule has 0 aliphatic carbocycles. The quantitative estimate of drug-likeness (QED) is 0.689. The van der Waals surface area contributed by atoms with E-state index in [-0.39, 0.29) is 11.8 Å². The first-order valence-corrected chi connectivity index (χ1v) is 9.48. The third kappa shape index (κ3) is 2.69. The molecule has 2 aromatic carbocycles. The van der Waals surface area contributed by atoms with Crippen LogP contribution in [0, 0.1) is 0 Å². The van der Waals surface area contributed by atoms with Crippen molar-refractivity contribution in [1.82, 2.24) is 15.2 Å². The highest BCUT2D eigenvalue weighted by Crippen LogP contribution is 2.32. The van der Waals surface area contributed by atoms with E-state index < -0.39 is 5.66 Å². The highest BCUT2D eigenvalue weighted by atomic mass is 16.2. The number of hydrogen-bond acceptors (Lipinski definition) is 4. The van der Waals surface area contributed by atoms with Gasteiger partial charge in [-0.1, -0.05) is 24.3 Å². The number of pyridine rings is 1. The van der Waals surface area contributed by atoms with Gasteiger partial charge in [-0.15, -0.1) is 0 Å². The predicted octanol–water partition coefficient (Wildman–Crippen LogP) is 3.02. The van der Waals surface area contributed by atoms with Crippen LogP contribution in [-0.2, 0) is 0 Å². The van der Waals surface area contributed by atoms with Gasteiger partial charge in [0.25, 0.3) is 11.8 Å². The molecule has 1 saturated heterocycles. The van der Waals surface area contributed by atoms with E-state index in [1.54, 1.807) is 6.20 Å². The number of piperidine rings is 1. The molecule has 0 radical (unpaired) electrons. The molecule has 2 aliphatic rings. The summed E-state index contributed by atoms with van der Waals surface area (Å²) >= 11 is 0. The van der Waals surface area contributed by atoms with Crippen LogP contribution in [0.4, 0.5) is 5.69 Å². The predicted molar refractivity (Wildman–Crippen MR) is 107 cm³/mol. The van der Waals surface area contributed by atoms with Crippen molar-refractivity contribution in [2.75, 3.05) is 18.4 Å². The Balaban J connectivity index is 1.36. The molecule has 6 heteroatoms. The molecule has 2 N–H and O–H groups in total. The van der Waals surface area contributed by atoms with E-state index in [9.17, 15) is 9.59 Å². The fourth-order valence-corrected chi connectivity index (χ4v) is 4.17. The SMILES string of the molecule is O=C1NC2(CCN(C(=O)c3cccc4ncccc34)CC2)Nc2ccccc21. The van der Waals surface area contributed by atoms with Crippen molar-refractivity contribution in [3.05, 3.63) is 71.9 Å². The van der Waals surface area contributed by atoms with Gasteiger partial charge in [-0.3, -0.25) is 14.6 Å². The van der Waals surface area contributed by atoms with E-state index in [4.69, 9.17) is 0 Å². The van der Waals surface area contributed by atoms with E-state index in [2.05, 4.69) is 15.6 Å². The van der Waals surface area contributed by atoms with Crippen molar-refractivity contribution in [1.29, 1.82) is 0 Å². The summed E-state index contributed by atoms with van der Waals surface area (Å²) in [4.78, 5) is 31.8. The molecule has 1 fully saturated rings. The van der Waals surface area contributed by atoms with Gasteiger partial charge in [0, 0.05) is 48.8 Å². The molecule has 5 rings (SSSR count). The Morgan fingerprint density at radius 1 is 0.964 bits per heavy atom. The molecule has 1 spiro atoms. The van der Waals surface area contributed by atoms with Crippen LogP contribution in [-0.4, -0.2) is 40.5 Å². The fraction of sp³-hybridized carbons (Fsp3) is 0.227. The number of hydrogen-bond donors (Lipinski definition) is 2. The first-order valence-electron chi connectivity index (χ1n) is 9.48. The average molecular weight is 372 g/mol. The summed E-state index contributed by atoms with van der Waals surface area (Å²) in [7, 11) is 0. The molecule has 3 aromatic rings. The van der Waals surface area contributed by atoms with Crippen molar-refractivity contribution in [2.24, 2.45) is 0 Å². The van der Waals surface area contributed by atoms with Crippen LogP contribution in [0.2, 0.25) is 0 Å². The molecule has 2 amide bonds. The highest BCUT2D eigenvalue weighted by Gasteiger charge is 2.41. The smallest absolute Gasteiger partial charge is 0.255 e. The minimum absolute atomic E-state index is 0.0102. The molecule has 28 heavy (non-hydrogen) atoms. The number of para-hydroxylation sites is 1. The average Bonchev–Trinajstić information content (AvgIpc) is 2.73. The molecule has 0 saturated carbocycles. The molecule has 1 aromatic heterocycles. The molecular weight excluding hydrogens is 352 g/mol. The van der Waals surface area contributed by atoms with Crippen molar-refractivity contribution >= 4 is 28.4 Å². The first-order chi connectivity index (χ1) is 13.7. The third-order valence-electron chi connectivity index (χ3n) is 5.68. The van der Waals surface area contributed by atoms with Crippen molar-refractivity contribution in [3.8, 4) is 0 Å². The van der Waals surface area contributed by atoms with Gasteiger partial charge in [-0.05, 0) is 30.3 Å². The normalized spacial score (nSPS) is 17.7. The Kier molecular flexibility index (Phi) is 3.79. The Bertz CT molecular complexity index is 1080. The molecule has 6 nitrogen and oxygen atoms in total. The number of aromatic nitrogens is 1. The Hall–Kier alpha value is -3.41. The topological polar surface area (TPSA) is 74.3 Å². The lowest BCUT2D eigenvalue weighted by atomic mass is 9.92. The molecule has 140 valence electrons. The van der Waals surface area contributed by atoms with E-state index in [1.165, 1.54) is 0 Å². The number of amides is 2. The monoisotopic (exact) mass is 372 g/mol. The molecule has 0 bridgehead atoms. The maximum atomic E-state index is 13.1. The number of nitrogens with zero attached hydrogens (tertiary/aromatic N) is 2. The molecule has 3 heterocycles. The number of benzene rings is 2. The number of anilines is 1.